The lowest BCUT2D eigenvalue weighted by atomic mass is 9.91. The average Bonchev–Trinajstić information content (AvgIpc) is 2.77. The Hall–Kier alpha value is -2.90. The summed E-state index contributed by atoms with van der Waals surface area (Å²) in [6.07, 6.45) is 0. The third-order valence-corrected chi connectivity index (χ3v) is 3.83. The van der Waals surface area contributed by atoms with Crippen molar-refractivity contribution in [3.05, 3.63) is 35.4 Å². The van der Waals surface area contributed by atoms with Gasteiger partial charge in [-0.05, 0) is 19.4 Å². The third kappa shape index (κ3) is 3.37. The van der Waals surface area contributed by atoms with Crippen LogP contribution in [0.25, 0.3) is 0 Å². The molecule has 0 radical (unpaired) electrons. The minimum absolute atomic E-state index is 0.464. The largest absolute Gasteiger partial charge is 0.454 e. The van der Waals surface area contributed by atoms with Crippen molar-refractivity contribution in [1.29, 1.82) is 0 Å². The Morgan fingerprint density at radius 1 is 1.25 bits per heavy atom. The predicted octanol–water partition coefficient (Wildman–Crippen LogP) is 0.0512. The number of amides is 4. The van der Waals surface area contributed by atoms with Gasteiger partial charge in [0.2, 0.25) is 0 Å². The molecular weight excluding hydrogens is 314 g/mol. The van der Waals surface area contributed by atoms with Crippen LogP contribution < -0.4 is 10.6 Å². The molecule has 1 fully saturated rings. The topological polar surface area (TPSA) is 105 Å². The fourth-order valence-corrected chi connectivity index (χ4v) is 2.32. The third-order valence-electron chi connectivity index (χ3n) is 3.83. The van der Waals surface area contributed by atoms with Crippen molar-refractivity contribution in [2.24, 2.45) is 0 Å². The number of benzene rings is 1. The normalized spacial score (nSPS) is 19.9. The van der Waals surface area contributed by atoms with Crippen molar-refractivity contribution in [3.63, 3.8) is 0 Å². The van der Waals surface area contributed by atoms with E-state index in [2.05, 4.69) is 10.6 Å². The highest BCUT2D eigenvalue weighted by molar-refractivity contribution is 6.08. The fraction of sp³-hybridized carbons (Fsp3) is 0.375. The number of hydrogen-bond donors (Lipinski definition) is 2. The van der Waals surface area contributed by atoms with Crippen LogP contribution in [-0.4, -0.2) is 48.9 Å². The van der Waals surface area contributed by atoms with Crippen molar-refractivity contribution in [3.8, 4) is 0 Å². The van der Waals surface area contributed by atoms with E-state index in [1.807, 2.05) is 19.1 Å². The van der Waals surface area contributed by atoms with E-state index in [1.165, 1.54) is 7.05 Å². The summed E-state index contributed by atoms with van der Waals surface area (Å²) in [5.74, 6) is -1.87. The van der Waals surface area contributed by atoms with E-state index in [-0.39, 0.29) is 0 Å². The first-order valence-corrected chi connectivity index (χ1v) is 7.35. The number of esters is 1. The van der Waals surface area contributed by atoms with Crippen LogP contribution in [0.5, 0.6) is 0 Å². The summed E-state index contributed by atoms with van der Waals surface area (Å²) in [5.41, 5.74) is 0.396. The number of hydrogen-bond acceptors (Lipinski definition) is 5. The Bertz CT molecular complexity index is 685. The number of carbonyl (C=O) groups excluding carboxylic acids is 4. The number of urea groups is 1. The summed E-state index contributed by atoms with van der Waals surface area (Å²) in [5, 5.41) is 4.89. The lowest BCUT2D eigenvalue weighted by Gasteiger charge is -2.22. The quantitative estimate of drug-likeness (QED) is 0.585. The van der Waals surface area contributed by atoms with Gasteiger partial charge in [0.1, 0.15) is 12.1 Å². The van der Waals surface area contributed by atoms with Crippen molar-refractivity contribution >= 4 is 23.8 Å². The Balaban J connectivity index is 2.09. The van der Waals surface area contributed by atoms with Crippen molar-refractivity contribution < 1.29 is 23.9 Å². The van der Waals surface area contributed by atoms with Crippen LogP contribution in [0.2, 0.25) is 0 Å². The van der Waals surface area contributed by atoms with Gasteiger partial charge < -0.3 is 15.4 Å². The molecule has 24 heavy (non-hydrogen) atoms. The molecule has 1 aliphatic rings. The molecule has 4 amide bonds. The summed E-state index contributed by atoms with van der Waals surface area (Å²) in [7, 11) is 1.40. The van der Waals surface area contributed by atoms with Gasteiger partial charge in [-0.25, -0.2) is 4.79 Å². The Labute approximate surface area is 139 Å². The van der Waals surface area contributed by atoms with E-state index < -0.39 is 42.5 Å². The number of likely N-dealkylation sites (N-methyl/N-ethyl adjacent to an activating group) is 1. The van der Waals surface area contributed by atoms with Crippen LogP contribution in [0, 0.1) is 6.92 Å². The average molecular weight is 333 g/mol. The van der Waals surface area contributed by atoms with Crippen LogP contribution in [-0.2, 0) is 24.7 Å². The van der Waals surface area contributed by atoms with Gasteiger partial charge in [-0.2, -0.15) is 0 Å². The number of nitrogens with one attached hydrogen (secondary N) is 2. The second-order valence-corrected chi connectivity index (χ2v) is 5.65. The van der Waals surface area contributed by atoms with Crippen LogP contribution in [0.15, 0.2) is 24.3 Å². The minimum Gasteiger partial charge on any atom is -0.454 e. The van der Waals surface area contributed by atoms with E-state index in [9.17, 15) is 19.2 Å². The van der Waals surface area contributed by atoms with E-state index in [0.717, 1.165) is 10.5 Å². The summed E-state index contributed by atoms with van der Waals surface area (Å²) >= 11 is 0. The molecule has 8 heteroatoms. The lowest BCUT2D eigenvalue weighted by Crippen LogP contribution is -2.41. The second-order valence-electron chi connectivity index (χ2n) is 5.65. The van der Waals surface area contributed by atoms with Gasteiger partial charge in [0.25, 0.3) is 11.8 Å². The summed E-state index contributed by atoms with van der Waals surface area (Å²) in [4.78, 5) is 48.2. The zero-order valence-corrected chi connectivity index (χ0v) is 13.7. The van der Waals surface area contributed by atoms with E-state index >= 15 is 0 Å². The number of nitrogens with zero attached hydrogens (tertiary/aromatic N) is 1. The SMILES string of the molecule is CNC(=O)COC(=O)CN1C(=O)N[C@@](C)(c2ccc(C)cc2)C1=O. The van der Waals surface area contributed by atoms with Gasteiger partial charge >= 0.3 is 12.0 Å². The monoisotopic (exact) mass is 333 g/mol. The summed E-state index contributed by atoms with van der Waals surface area (Å²) in [6, 6.07) is 6.49. The number of rotatable bonds is 5. The van der Waals surface area contributed by atoms with Crippen LogP contribution in [0.1, 0.15) is 18.1 Å². The molecule has 1 aromatic carbocycles. The first kappa shape index (κ1) is 17.5. The zero-order chi connectivity index (χ0) is 17.9. The van der Waals surface area contributed by atoms with Crippen LogP contribution >= 0.6 is 0 Å². The first-order valence-electron chi connectivity index (χ1n) is 7.35. The van der Waals surface area contributed by atoms with E-state index in [1.54, 1.807) is 19.1 Å². The molecular formula is C16H19N3O5. The maximum atomic E-state index is 12.6. The molecule has 0 spiro atoms. The molecule has 0 bridgehead atoms. The molecule has 0 aliphatic carbocycles. The number of imide groups is 1. The highest BCUT2D eigenvalue weighted by Crippen LogP contribution is 2.28. The van der Waals surface area contributed by atoms with Crippen LogP contribution in [0.4, 0.5) is 4.79 Å². The van der Waals surface area contributed by atoms with Crippen molar-refractivity contribution in [2.75, 3.05) is 20.2 Å². The number of carbonyl (C=O) groups is 4. The number of ether oxygens (including phenoxy) is 1. The molecule has 0 aromatic heterocycles. The lowest BCUT2D eigenvalue weighted by molar-refractivity contribution is -0.151. The molecule has 1 aromatic rings. The predicted molar refractivity (Wildman–Crippen MR) is 83.8 cm³/mol. The Kier molecular flexibility index (Phi) is 4.87. The van der Waals surface area contributed by atoms with Gasteiger partial charge in [-0.3, -0.25) is 19.3 Å². The van der Waals surface area contributed by atoms with Gasteiger partial charge in [0.15, 0.2) is 6.61 Å². The summed E-state index contributed by atoms with van der Waals surface area (Å²) in [6.45, 7) is 2.47. The van der Waals surface area contributed by atoms with E-state index in [4.69, 9.17) is 4.74 Å². The molecule has 0 unspecified atom stereocenters. The molecule has 2 rings (SSSR count). The van der Waals surface area contributed by atoms with Crippen molar-refractivity contribution in [2.45, 2.75) is 19.4 Å². The fourth-order valence-electron chi connectivity index (χ4n) is 2.32. The molecule has 8 nitrogen and oxygen atoms in total. The standard InChI is InChI=1S/C16H19N3O5/c1-10-4-6-11(7-5-10)16(2)14(22)19(15(23)18-16)8-13(21)24-9-12(20)17-3/h4-7H,8-9H2,1-3H3,(H,17,20)(H,18,23)/t16-/m0/s1. The molecule has 1 saturated heterocycles. The minimum atomic E-state index is -1.24. The maximum absolute atomic E-state index is 12.6. The van der Waals surface area contributed by atoms with Gasteiger partial charge in [0, 0.05) is 7.05 Å². The molecule has 0 saturated carbocycles. The molecule has 2 N–H and O–H groups in total. The molecule has 1 atom stereocenters. The van der Waals surface area contributed by atoms with E-state index in [0.29, 0.717) is 5.56 Å². The first-order chi connectivity index (χ1) is 11.3. The zero-order valence-electron chi connectivity index (χ0n) is 13.7. The maximum Gasteiger partial charge on any atom is 0.326 e. The smallest absolute Gasteiger partial charge is 0.326 e. The molecule has 128 valence electrons. The highest BCUT2D eigenvalue weighted by atomic mass is 16.5. The molecule has 1 heterocycles. The highest BCUT2D eigenvalue weighted by Gasteiger charge is 2.49. The van der Waals surface area contributed by atoms with Gasteiger partial charge in [0.05, 0.1) is 0 Å². The van der Waals surface area contributed by atoms with Gasteiger partial charge in [-0.15, -0.1) is 0 Å². The Morgan fingerprint density at radius 2 is 1.88 bits per heavy atom. The molecule has 1 aliphatic heterocycles. The second kappa shape index (κ2) is 6.69. The van der Waals surface area contributed by atoms with Crippen LogP contribution in [0.3, 0.4) is 0 Å². The van der Waals surface area contributed by atoms with Crippen molar-refractivity contribution in [1.82, 2.24) is 15.5 Å². The Morgan fingerprint density at radius 3 is 2.46 bits per heavy atom. The number of aryl methyl sites for hydroxylation is 1. The summed E-state index contributed by atoms with van der Waals surface area (Å²) < 4.78 is 4.72. The van der Waals surface area contributed by atoms with Gasteiger partial charge in [-0.1, -0.05) is 29.8 Å².